The van der Waals surface area contributed by atoms with E-state index in [2.05, 4.69) is 22.5 Å². The van der Waals surface area contributed by atoms with E-state index >= 15 is 0 Å². The quantitative estimate of drug-likeness (QED) is 0.300. The molecule has 0 aliphatic carbocycles. The molecule has 0 saturated carbocycles. The summed E-state index contributed by atoms with van der Waals surface area (Å²) in [5.41, 5.74) is 10.8. The summed E-state index contributed by atoms with van der Waals surface area (Å²) in [7, 11) is 1.38. The van der Waals surface area contributed by atoms with E-state index in [4.69, 9.17) is 15.5 Å². The zero-order valence-corrected chi connectivity index (χ0v) is 21.9. The van der Waals surface area contributed by atoms with Gasteiger partial charge < -0.3 is 19.9 Å². The molecule has 2 aromatic carbocycles. The van der Waals surface area contributed by atoms with Gasteiger partial charge in [0.05, 0.1) is 24.6 Å². The van der Waals surface area contributed by atoms with Crippen molar-refractivity contribution in [1.29, 1.82) is 0 Å². The smallest absolute Gasteiger partial charge is 0.309 e. The Labute approximate surface area is 217 Å². The number of nitrogen functional groups attached to an aromatic ring is 1. The van der Waals surface area contributed by atoms with Gasteiger partial charge in [-0.3, -0.25) is 9.59 Å². The Balaban J connectivity index is 1.53. The number of carbonyl (C=O) groups is 2. The standard InChI is InChI=1S/C29H35N5O3/c1-4-5-11-25-32-27-28(23-9-6-7-10-24(23)31-29(27)30)34(25)17-8-16-33(20(2)35)19-22-14-12-21(13-15-22)18-26(36)37-3/h6-7,9-10,12-15H,4-5,8,11,16-19H2,1-3H3,(H2,30,31). The third kappa shape index (κ3) is 6.07. The summed E-state index contributed by atoms with van der Waals surface area (Å²) in [6.45, 7) is 5.63. The second-order valence-corrected chi connectivity index (χ2v) is 9.36. The fourth-order valence-electron chi connectivity index (χ4n) is 4.66. The number of nitrogens with zero attached hydrogens (tertiary/aromatic N) is 4. The van der Waals surface area contributed by atoms with Gasteiger partial charge in [-0.15, -0.1) is 0 Å². The Morgan fingerprint density at radius 2 is 1.76 bits per heavy atom. The van der Waals surface area contributed by atoms with E-state index in [0.29, 0.717) is 18.9 Å². The molecule has 194 valence electrons. The first kappa shape index (κ1) is 26.1. The van der Waals surface area contributed by atoms with Gasteiger partial charge in [0.1, 0.15) is 11.3 Å². The van der Waals surface area contributed by atoms with Crippen molar-refractivity contribution in [3.63, 3.8) is 0 Å². The number of aryl methyl sites for hydroxylation is 2. The number of carbonyl (C=O) groups excluding carboxylic acids is 2. The van der Waals surface area contributed by atoms with Crippen LogP contribution in [0.25, 0.3) is 21.9 Å². The lowest BCUT2D eigenvalue weighted by Gasteiger charge is -2.22. The number of benzene rings is 2. The SMILES string of the molecule is CCCCc1nc2c(N)nc3ccccc3c2n1CCCN(Cc1ccc(CC(=O)OC)cc1)C(C)=O. The second kappa shape index (κ2) is 11.9. The van der Waals surface area contributed by atoms with Crippen molar-refractivity contribution in [2.45, 2.75) is 59.0 Å². The van der Waals surface area contributed by atoms with E-state index < -0.39 is 0 Å². The summed E-state index contributed by atoms with van der Waals surface area (Å²) in [6.07, 6.45) is 4.00. The van der Waals surface area contributed by atoms with Crippen LogP contribution in [-0.2, 0) is 40.3 Å². The number of amides is 1. The average molecular weight is 502 g/mol. The number of hydrogen-bond acceptors (Lipinski definition) is 6. The Hall–Kier alpha value is -3.94. The topological polar surface area (TPSA) is 103 Å². The van der Waals surface area contributed by atoms with E-state index in [9.17, 15) is 9.59 Å². The monoisotopic (exact) mass is 501 g/mol. The van der Waals surface area contributed by atoms with Crippen molar-refractivity contribution in [3.8, 4) is 0 Å². The summed E-state index contributed by atoms with van der Waals surface area (Å²) in [4.78, 5) is 35.3. The number of unbranched alkanes of at least 4 members (excludes halogenated alkanes) is 1. The minimum absolute atomic E-state index is 0.0271. The van der Waals surface area contributed by atoms with E-state index in [1.54, 1.807) is 6.92 Å². The molecule has 37 heavy (non-hydrogen) atoms. The highest BCUT2D eigenvalue weighted by atomic mass is 16.5. The first-order valence-corrected chi connectivity index (χ1v) is 12.8. The highest BCUT2D eigenvalue weighted by Crippen LogP contribution is 2.29. The van der Waals surface area contributed by atoms with Crippen LogP contribution in [0.3, 0.4) is 0 Å². The maximum atomic E-state index is 12.5. The molecule has 0 bridgehead atoms. The van der Waals surface area contributed by atoms with Crippen molar-refractivity contribution in [2.75, 3.05) is 19.4 Å². The van der Waals surface area contributed by atoms with Gasteiger partial charge in [0.2, 0.25) is 5.91 Å². The first-order valence-electron chi connectivity index (χ1n) is 12.8. The van der Waals surface area contributed by atoms with Crippen LogP contribution >= 0.6 is 0 Å². The number of ether oxygens (including phenoxy) is 1. The Kier molecular flexibility index (Phi) is 8.38. The van der Waals surface area contributed by atoms with E-state index in [1.807, 2.05) is 47.4 Å². The number of nitrogens with two attached hydrogens (primary N) is 1. The van der Waals surface area contributed by atoms with Crippen molar-refractivity contribution >= 4 is 39.6 Å². The summed E-state index contributed by atoms with van der Waals surface area (Å²) < 4.78 is 7.00. The molecule has 2 aromatic heterocycles. The summed E-state index contributed by atoms with van der Waals surface area (Å²) in [6, 6.07) is 15.8. The minimum atomic E-state index is -0.270. The van der Waals surface area contributed by atoms with Crippen molar-refractivity contribution in [1.82, 2.24) is 19.4 Å². The second-order valence-electron chi connectivity index (χ2n) is 9.36. The maximum Gasteiger partial charge on any atom is 0.309 e. The van der Waals surface area contributed by atoms with Gasteiger partial charge in [-0.1, -0.05) is 55.8 Å². The number of esters is 1. The molecular formula is C29H35N5O3. The molecule has 0 aliphatic rings. The predicted octanol–water partition coefficient (Wildman–Crippen LogP) is 4.66. The third-order valence-electron chi connectivity index (χ3n) is 6.67. The number of imidazole rings is 1. The van der Waals surface area contributed by atoms with Crippen LogP contribution < -0.4 is 5.73 Å². The summed E-state index contributed by atoms with van der Waals surface area (Å²) in [5.74, 6) is 1.22. The summed E-state index contributed by atoms with van der Waals surface area (Å²) in [5, 5.41) is 1.04. The van der Waals surface area contributed by atoms with E-state index in [-0.39, 0.29) is 18.3 Å². The van der Waals surface area contributed by atoms with Gasteiger partial charge in [-0.25, -0.2) is 9.97 Å². The van der Waals surface area contributed by atoms with Gasteiger partial charge in [0.25, 0.3) is 0 Å². The molecule has 2 N–H and O–H groups in total. The molecule has 0 aliphatic heterocycles. The van der Waals surface area contributed by atoms with Crippen LogP contribution in [0.4, 0.5) is 5.82 Å². The Bertz CT molecular complexity index is 1390. The predicted molar refractivity (Wildman–Crippen MR) is 146 cm³/mol. The molecule has 0 fully saturated rings. The van der Waals surface area contributed by atoms with Gasteiger partial charge >= 0.3 is 5.97 Å². The molecule has 0 saturated heterocycles. The normalized spacial score (nSPS) is 11.2. The molecule has 4 aromatic rings. The van der Waals surface area contributed by atoms with Crippen LogP contribution in [0.5, 0.6) is 0 Å². The van der Waals surface area contributed by atoms with Crippen molar-refractivity contribution in [2.24, 2.45) is 0 Å². The first-order chi connectivity index (χ1) is 17.9. The summed E-state index contributed by atoms with van der Waals surface area (Å²) >= 11 is 0. The van der Waals surface area contributed by atoms with Gasteiger partial charge in [-0.2, -0.15) is 0 Å². The molecule has 2 heterocycles. The fourth-order valence-corrected chi connectivity index (χ4v) is 4.66. The number of aromatic nitrogens is 3. The van der Waals surface area contributed by atoms with E-state index in [0.717, 1.165) is 71.1 Å². The molecule has 0 atom stereocenters. The van der Waals surface area contributed by atoms with Crippen LogP contribution in [0.15, 0.2) is 48.5 Å². The number of fused-ring (bicyclic) bond motifs is 3. The molecule has 0 spiro atoms. The third-order valence-corrected chi connectivity index (χ3v) is 6.67. The lowest BCUT2D eigenvalue weighted by Crippen LogP contribution is -2.30. The molecule has 8 nitrogen and oxygen atoms in total. The molecule has 0 unspecified atom stereocenters. The lowest BCUT2D eigenvalue weighted by molar-refractivity contribution is -0.139. The zero-order chi connectivity index (χ0) is 26.4. The highest BCUT2D eigenvalue weighted by molar-refractivity contribution is 6.06. The number of pyridine rings is 1. The van der Waals surface area contributed by atoms with Crippen LogP contribution in [0.1, 0.15) is 50.1 Å². The molecule has 0 radical (unpaired) electrons. The fraction of sp³-hybridized carbons (Fsp3) is 0.379. The number of para-hydroxylation sites is 1. The van der Waals surface area contributed by atoms with Crippen molar-refractivity contribution in [3.05, 3.63) is 65.5 Å². The molecule has 1 amide bonds. The number of hydrogen-bond donors (Lipinski definition) is 1. The highest BCUT2D eigenvalue weighted by Gasteiger charge is 2.18. The maximum absolute atomic E-state index is 12.5. The lowest BCUT2D eigenvalue weighted by atomic mass is 10.1. The van der Waals surface area contributed by atoms with Crippen LogP contribution in [0, 0.1) is 0 Å². The van der Waals surface area contributed by atoms with Gasteiger partial charge in [0.15, 0.2) is 5.82 Å². The van der Waals surface area contributed by atoms with Gasteiger partial charge in [0, 0.05) is 38.4 Å². The average Bonchev–Trinajstić information content (AvgIpc) is 3.27. The molecular weight excluding hydrogens is 466 g/mol. The molecule has 8 heteroatoms. The van der Waals surface area contributed by atoms with Crippen LogP contribution in [-0.4, -0.2) is 45.0 Å². The molecule has 4 rings (SSSR count). The zero-order valence-electron chi connectivity index (χ0n) is 21.9. The number of rotatable bonds is 11. The Morgan fingerprint density at radius 3 is 2.46 bits per heavy atom. The van der Waals surface area contributed by atoms with E-state index in [1.165, 1.54) is 7.11 Å². The number of anilines is 1. The largest absolute Gasteiger partial charge is 0.469 e. The Morgan fingerprint density at radius 1 is 1.03 bits per heavy atom. The van der Waals surface area contributed by atoms with Crippen molar-refractivity contribution < 1.29 is 14.3 Å². The van der Waals surface area contributed by atoms with Crippen LogP contribution in [0.2, 0.25) is 0 Å². The van der Waals surface area contributed by atoms with Gasteiger partial charge in [-0.05, 0) is 30.0 Å². The minimum Gasteiger partial charge on any atom is -0.469 e. The number of methoxy groups -OCH3 is 1.